The zero-order valence-corrected chi connectivity index (χ0v) is 22.5. The fourth-order valence-electron chi connectivity index (χ4n) is 3.46. The molecule has 5 N–H and O–H groups in total. The van der Waals surface area contributed by atoms with E-state index in [0.29, 0.717) is 12.0 Å². The third-order valence-electron chi connectivity index (χ3n) is 4.97. The van der Waals surface area contributed by atoms with E-state index in [1.807, 2.05) is 27.7 Å². The molecule has 0 aromatic heterocycles. The highest BCUT2D eigenvalue weighted by Gasteiger charge is 2.37. The molecule has 0 fully saturated rings. The van der Waals surface area contributed by atoms with E-state index in [4.69, 9.17) is 10.5 Å². The maximum atomic E-state index is 13.9. The van der Waals surface area contributed by atoms with Gasteiger partial charge in [0.15, 0.2) is 0 Å². The number of alkyl carbamates (subject to hydrolysis) is 1. The Morgan fingerprint density at radius 3 is 2.11 bits per heavy atom. The van der Waals surface area contributed by atoms with Crippen molar-refractivity contribution in [1.29, 1.82) is 0 Å². The van der Waals surface area contributed by atoms with Gasteiger partial charge in [-0.25, -0.2) is 4.79 Å². The first-order valence-corrected chi connectivity index (χ1v) is 12.2. The number of nitrogens with two attached hydrogens (primary N) is 1. The molecule has 0 saturated heterocycles. The fourth-order valence-corrected chi connectivity index (χ4v) is 3.46. The summed E-state index contributed by atoms with van der Waals surface area (Å²) in [7, 11) is 0. The second-order valence-electron chi connectivity index (χ2n) is 10.8. The summed E-state index contributed by atoms with van der Waals surface area (Å²) in [6, 6.07) is 3.85. The number of rotatable bonds is 11. The van der Waals surface area contributed by atoms with Crippen LogP contribution in [-0.4, -0.2) is 57.5 Å². The Morgan fingerprint density at radius 1 is 1.06 bits per heavy atom. The number of hydrogen-bond acceptors (Lipinski definition) is 6. The first-order chi connectivity index (χ1) is 16.5. The van der Waals surface area contributed by atoms with Crippen LogP contribution >= 0.6 is 0 Å². The number of carbonyl (C=O) groups excluding carboxylic acids is 4. The Balaban J connectivity index is 3.49. The van der Waals surface area contributed by atoms with Gasteiger partial charge in [-0.15, -0.1) is 0 Å². The molecule has 4 amide bonds. The third-order valence-corrected chi connectivity index (χ3v) is 4.97. The Hall–Kier alpha value is -3.30. The van der Waals surface area contributed by atoms with E-state index < -0.39 is 47.0 Å². The lowest BCUT2D eigenvalue weighted by Crippen LogP contribution is -2.55. The van der Waals surface area contributed by atoms with E-state index in [-0.39, 0.29) is 25.1 Å². The van der Waals surface area contributed by atoms with Gasteiger partial charge in [-0.1, -0.05) is 25.5 Å². The number of unbranched alkanes of at least 4 members (excludes halogenated alkanes) is 1. The van der Waals surface area contributed by atoms with Crippen LogP contribution in [0, 0.1) is 0 Å². The van der Waals surface area contributed by atoms with Crippen molar-refractivity contribution in [1.82, 2.24) is 15.5 Å². The molecule has 0 spiro atoms. The van der Waals surface area contributed by atoms with Gasteiger partial charge in [-0.2, -0.15) is 0 Å². The lowest BCUT2D eigenvalue weighted by Gasteiger charge is -2.36. The fraction of sp³-hybridized carbons (Fsp3) is 0.615. The normalized spacial score (nSPS) is 13.3. The largest absolute Gasteiger partial charge is 0.508 e. The minimum atomic E-state index is -1.15. The molecular weight excluding hydrogens is 464 g/mol. The molecule has 1 aromatic rings. The van der Waals surface area contributed by atoms with Crippen molar-refractivity contribution in [3.8, 4) is 5.75 Å². The molecule has 0 bridgehead atoms. The molecule has 0 aliphatic rings. The standard InChI is InChI=1S/C26H42N4O6/c1-8-9-16-30(21(22(33)29-25(2,3)4)17-10-12-18(31)13-11-17)23(34)19(14-15-20(27)32)28-24(35)36-26(5,6)7/h10-13,19,21,31H,8-9,14-16H2,1-7H3,(H2,27,32)(H,28,35)(H,29,33). The molecule has 0 aliphatic heterocycles. The highest BCUT2D eigenvalue weighted by molar-refractivity contribution is 5.92. The first kappa shape index (κ1) is 30.7. The minimum Gasteiger partial charge on any atom is -0.508 e. The van der Waals surface area contributed by atoms with Crippen molar-refractivity contribution in [2.75, 3.05) is 6.54 Å². The Kier molecular flexibility index (Phi) is 11.2. The summed E-state index contributed by atoms with van der Waals surface area (Å²) in [5.74, 6) is -1.56. The highest BCUT2D eigenvalue weighted by Crippen LogP contribution is 2.26. The zero-order valence-electron chi connectivity index (χ0n) is 22.5. The molecule has 2 unspecified atom stereocenters. The van der Waals surface area contributed by atoms with Crippen molar-refractivity contribution in [2.45, 2.75) is 97.4 Å². The third kappa shape index (κ3) is 11.0. The van der Waals surface area contributed by atoms with Gasteiger partial charge in [-0.3, -0.25) is 14.4 Å². The van der Waals surface area contributed by atoms with Gasteiger partial charge in [0.05, 0.1) is 0 Å². The Labute approximate surface area is 213 Å². The molecule has 10 heteroatoms. The van der Waals surface area contributed by atoms with E-state index in [2.05, 4.69) is 10.6 Å². The quantitative estimate of drug-likeness (QED) is 0.362. The van der Waals surface area contributed by atoms with Gasteiger partial charge in [0.2, 0.25) is 17.7 Å². The van der Waals surface area contributed by atoms with E-state index in [1.165, 1.54) is 17.0 Å². The average Bonchev–Trinajstić information content (AvgIpc) is 2.71. The molecule has 0 heterocycles. The van der Waals surface area contributed by atoms with Crippen LogP contribution in [0.25, 0.3) is 0 Å². The molecule has 2 atom stereocenters. The lowest BCUT2D eigenvalue weighted by molar-refractivity contribution is -0.143. The lowest BCUT2D eigenvalue weighted by atomic mass is 9.99. The van der Waals surface area contributed by atoms with Crippen molar-refractivity contribution in [3.05, 3.63) is 29.8 Å². The zero-order chi connectivity index (χ0) is 27.7. The Morgan fingerprint density at radius 2 is 1.64 bits per heavy atom. The van der Waals surface area contributed by atoms with Crippen molar-refractivity contribution in [2.24, 2.45) is 5.73 Å². The van der Waals surface area contributed by atoms with Crippen molar-refractivity contribution >= 4 is 23.8 Å². The van der Waals surface area contributed by atoms with Crippen LogP contribution < -0.4 is 16.4 Å². The van der Waals surface area contributed by atoms with Crippen LogP contribution in [0.1, 0.15) is 85.8 Å². The van der Waals surface area contributed by atoms with Crippen molar-refractivity contribution < 1.29 is 29.0 Å². The number of nitrogens with one attached hydrogen (secondary N) is 2. The number of hydrogen-bond donors (Lipinski definition) is 4. The predicted molar refractivity (Wildman–Crippen MR) is 137 cm³/mol. The van der Waals surface area contributed by atoms with Gasteiger partial charge in [0.1, 0.15) is 23.4 Å². The summed E-state index contributed by atoms with van der Waals surface area (Å²) in [6.45, 7) is 12.7. The summed E-state index contributed by atoms with van der Waals surface area (Å²) >= 11 is 0. The van der Waals surface area contributed by atoms with Crippen LogP contribution in [-0.2, 0) is 19.1 Å². The van der Waals surface area contributed by atoms with Gasteiger partial charge >= 0.3 is 6.09 Å². The molecular formula is C26H42N4O6. The van der Waals surface area contributed by atoms with Crippen LogP contribution in [0.15, 0.2) is 24.3 Å². The van der Waals surface area contributed by atoms with E-state index in [1.54, 1.807) is 32.9 Å². The smallest absolute Gasteiger partial charge is 0.408 e. The van der Waals surface area contributed by atoms with Gasteiger partial charge in [0, 0.05) is 18.5 Å². The van der Waals surface area contributed by atoms with E-state index in [0.717, 1.165) is 6.42 Å². The van der Waals surface area contributed by atoms with Crippen molar-refractivity contribution in [3.63, 3.8) is 0 Å². The summed E-state index contributed by atoms with van der Waals surface area (Å²) in [6.07, 6.45) is 0.322. The van der Waals surface area contributed by atoms with Crippen LogP contribution in [0.4, 0.5) is 4.79 Å². The van der Waals surface area contributed by atoms with Crippen LogP contribution in [0.5, 0.6) is 5.75 Å². The number of phenolic OH excluding ortho intramolecular Hbond substituents is 1. The van der Waals surface area contributed by atoms with Crippen LogP contribution in [0.2, 0.25) is 0 Å². The number of benzene rings is 1. The Bertz CT molecular complexity index is 902. The number of nitrogens with zero attached hydrogens (tertiary/aromatic N) is 1. The predicted octanol–water partition coefficient (Wildman–Crippen LogP) is 3.14. The molecule has 0 saturated carbocycles. The summed E-state index contributed by atoms with van der Waals surface area (Å²) in [5.41, 5.74) is 4.43. The number of ether oxygens (including phenoxy) is 1. The number of amides is 4. The molecule has 1 aromatic carbocycles. The van der Waals surface area contributed by atoms with Gasteiger partial charge in [-0.05, 0) is 72.1 Å². The number of aromatic hydroxyl groups is 1. The molecule has 0 aliphatic carbocycles. The van der Waals surface area contributed by atoms with Crippen LogP contribution in [0.3, 0.4) is 0 Å². The van der Waals surface area contributed by atoms with Gasteiger partial charge < -0.3 is 31.1 Å². The topological polar surface area (TPSA) is 151 Å². The highest BCUT2D eigenvalue weighted by atomic mass is 16.6. The second kappa shape index (κ2) is 13.1. The number of phenols is 1. The molecule has 10 nitrogen and oxygen atoms in total. The minimum absolute atomic E-state index is 0.0195. The second-order valence-corrected chi connectivity index (χ2v) is 10.8. The molecule has 36 heavy (non-hydrogen) atoms. The number of primary amides is 1. The summed E-state index contributed by atoms with van der Waals surface area (Å²) in [4.78, 5) is 52.8. The maximum absolute atomic E-state index is 13.9. The molecule has 202 valence electrons. The van der Waals surface area contributed by atoms with E-state index in [9.17, 15) is 24.3 Å². The average molecular weight is 507 g/mol. The summed E-state index contributed by atoms with van der Waals surface area (Å²) in [5, 5.41) is 15.2. The monoisotopic (exact) mass is 506 g/mol. The molecule has 1 rings (SSSR count). The SMILES string of the molecule is CCCCN(C(=O)C(CCC(N)=O)NC(=O)OC(C)(C)C)C(C(=O)NC(C)(C)C)c1ccc(O)cc1. The maximum Gasteiger partial charge on any atom is 0.408 e. The number of carbonyl (C=O) groups is 4. The summed E-state index contributed by atoms with van der Waals surface area (Å²) < 4.78 is 5.31. The first-order valence-electron chi connectivity index (χ1n) is 12.2. The molecule has 0 radical (unpaired) electrons. The van der Waals surface area contributed by atoms with Gasteiger partial charge in [0.25, 0.3) is 0 Å². The van der Waals surface area contributed by atoms with E-state index >= 15 is 0 Å².